The summed E-state index contributed by atoms with van der Waals surface area (Å²) in [5, 5.41) is 2.58. The minimum Gasteiger partial charge on any atom is -0.350 e. The number of carbonyl (C=O) groups excluding carboxylic acids is 1. The van der Waals surface area contributed by atoms with Crippen LogP contribution in [0.4, 0.5) is 8.78 Å². The van der Waals surface area contributed by atoms with Gasteiger partial charge in [0.2, 0.25) is 0 Å². The number of fused-ring (bicyclic) bond motifs is 1. The van der Waals surface area contributed by atoms with E-state index in [1.165, 1.54) is 4.57 Å². The van der Waals surface area contributed by atoms with Crippen molar-refractivity contribution in [2.24, 2.45) is 0 Å². The maximum atomic E-state index is 13.3. The van der Waals surface area contributed by atoms with Gasteiger partial charge in [0, 0.05) is 30.9 Å². The van der Waals surface area contributed by atoms with Crippen LogP contribution in [0.2, 0.25) is 0 Å². The van der Waals surface area contributed by atoms with Crippen molar-refractivity contribution >= 4 is 17.1 Å². The van der Waals surface area contributed by atoms with Crippen molar-refractivity contribution < 1.29 is 13.6 Å². The van der Waals surface area contributed by atoms with Crippen LogP contribution in [-0.4, -0.2) is 26.6 Å². The lowest BCUT2D eigenvalue weighted by Gasteiger charge is -2.06. The second-order valence-corrected chi connectivity index (χ2v) is 6.77. The number of aromatic nitrogens is 3. The third-order valence-electron chi connectivity index (χ3n) is 4.70. The van der Waals surface area contributed by atoms with Gasteiger partial charge in [0.1, 0.15) is 11.6 Å². The zero-order valence-electron chi connectivity index (χ0n) is 15.9. The molecule has 0 saturated heterocycles. The van der Waals surface area contributed by atoms with E-state index in [0.717, 1.165) is 17.7 Å². The zero-order chi connectivity index (χ0) is 21.1. The molecule has 0 fully saturated rings. The molecule has 8 heteroatoms. The fourth-order valence-electron chi connectivity index (χ4n) is 3.34. The number of pyridine rings is 1. The normalized spacial score (nSPS) is 11.0. The highest BCUT2D eigenvalue weighted by atomic mass is 19.1. The highest BCUT2D eigenvalue weighted by Gasteiger charge is 2.15. The van der Waals surface area contributed by atoms with Crippen molar-refractivity contribution in [3.05, 3.63) is 100 Å². The molecule has 1 N–H and O–H groups in total. The zero-order valence-corrected chi connectivity index (χ0v) is 15.9. The lowest BCUT2D eigenvalue weighted by Crippen LogP contribution is -2.32. The number of nitrogens with zero attached hydrogens (tertiary/aromatic N) is 3. The minimum absolute atomic E-state index is 0.0951. The largest absolute Gasteiger partial charge is 0.350 e. The average Bonchev–Trinajstić information content (AvgIpc) is 3.00. The molecule has 0 bridgehead atoms. The summed E-state index contributed by atoms with van der Waals surface area (Å²) in [5.41, 5.74) is 1.79. The first-order chi connectivity index (χ1) is 14.5. The van der Waals surface area contributed by atoms with E-state index >= 15 is 0 Å². The van der Waals surface area contributed by atoms with E-state index in [-0.39, 0.29) is 24.3 Å². The van der Waals surface area contributed by atoms with Gasteiger partial charge in [-0.1, -0.05) is 30.3 Å². The van der Waals surface area contributed by atoms with E-state index < -0.39 is 17.5 Å². The Labute approximate surface area is 170 Å². The van der Waals surface area contributed by atoms with Crippen LogP contribution in [0, 0.1) is 11.6 Å². The maximum absolute atomic E-state index is 13.3. The van der Waals surface area contributed by atoms with Crippen LogP contribution in [0.3, 0.4) is 0 Å². The number of rotatable bonds is 6. The fourth-order valence-corrected chi connectivity index (χ4v) is 3.34. The van der Waals surface area contributed by atoms with Gasteiger partial charge in [0.05, 0.1) is 12.1 Å². The Morgan fingerprint density at radius 3 is 2.43 bits per heavy atom. The first kappa shape index (κ1) is 19.5. The van der Waals surface area contributed by atoms with Gasteiger partial charge >= 0.3 is 5.69 Å². The van der Waals surface area contributed by atoms with E-state index in [9.17, 15) is 18.4 Å². The summed E-state index contributed by atoms with van der Waals surface area (Å²) >= 11 is 0. The van der Waals surface area contributed by atoms with Crippen molar-refractivity contribution in [3.63, 3.8) is 0 Å². The first-order valence-electron chi connectivity index (χ1n) is 9.35. The molecule has 2 aromatic carbocycles. The summed E-state index contributed by atoms with van der Waals surface area (Å²) in [7, 11) is 0. The summed E-state index contributed by atoms with van der Waals surface area (Å²) in [5.74, 6) is -2.28. The summed E-state index contributed by atoms with van der Waals surface area (Å²) in [4.78, 5) is 29.5. The van der Waals surface area contributed by atoms with E-state index in [0.29, 0.717) is 23.8 Å². The van der Waals surface area contributed by atoms with Crippen LogP contribution in [-0.2, 0) is 13.1 Å². The number of carbonyl (C=O) groups is 1. The Morgan fingerprint density at radius 1 is 0.967 bits per heavy atom. The number of hydrogen-bond donors (Lipinski definition) is 1. The highest BCUT2D eigenvalue weighted by Crippen LogP contribution is 2.12. The Hall–Kier alpha value is -3.81. The molecule has 0 aliphatic rings. The molecule has 4 rings (SSSR count). The standard InChI is InChI=1S/C22H18F2N4O2/c23-17-11-16(12-18(24)13-17)21(29)26-9-10-27-20-19(7-4-8-25-20)28(22(27)30)14-15-5-2-1-3-6-15/h1-8,11-13H,9-10,14H2,(H,26,29). The molecule has 152 valence electrons. The molecule has 2 heterocycles. The predicted octanol–water partition coefficient (Wildman–Crippen LogP) is 2.95. The molecule has 0 atom stereocenters. The second kappa shape index (κ2) is 8.28. The van der Waals surface area contributed by atoms with Crippen LogP contribution in [0.25, 0.3) is 11.2 Å². The third kappa shape index (κ3) is 3.98. The smallest absolute Gasteiger partial charge is 0.330 e. The Morgan fingerprint density at radius 2 is 1.70 bits per heavy atom. The van der Waals surface area contributed by atoms with Gasteiger partial charge in [0.25, 0.3) is 5.91 Å². The molecular weight excluding hydrogens is 390 g/mol. The number of benzene rings is 2. The van der Waals surface area contributed by atoms with Crippen molar-refractivity contribution in [3.8, 4) is 0 Å². The average molecular weight is 408 g/mol. The molecule has 6 nitrogen and oxygen atoms in total. The Balaban J connectivity index is 1.55. The van der Waals surface area contributed by atoms with Crippen LogP contribution in [0.5, 0.6) is 0 Å². The van der Waals surface area contributed by atoms with Gasteiger partial charge < -0.3 is 5.32 Å². The molecule has 4 aromatic rings. The van der Waals surface area contributed by atoms with Crippen LogP contribution >= 0.6 is 0 Å². The van der Waals surface area contributed by atoms with Crippen molar-refractivity contribution in [2.75, 3.05) is 6.54 Å². The van der Waals surface area contributed by atoms with E-state index in [1.807, 2.05) is 36.4 Å². The van der Waals surface area contributed by atoms with Gasteiger partial charge in [-0.05, 0) is 29.8 Å². The summed E-state index contributed by atoms with van der Waals surface area (Å²) in [6, 6.07) is 15.8. The van der Waals surface area contributed by atoms with Gasteiger partial charge in [0.15, 0.2) is 5.65 Å². The number of imidazole rings is 1. The molecule has 0 spiro atoms. The molecule has 0 aliphatic carbocycles. The van der Waals surface area contributed by atoms with Crippen molar-refractivity contribution in [2.45, 2.75) is 13.1 Å². The number of halogens is 2. The monoisotopic (exact) mass is 408 g/mol. The van der Waals surface area contributed by atoms with E-state index in [1.54, 1.807) is 16.8 Å². The van der Waals surface area contributed by atoms with E-state index in [2.05, 4.69) is 10.3 Å². The van der Waals surface area contributed by atoms with Gasteiger partial charge in [-0.15, -0.1) is 0 Å². The maximum Gasteiger partial charge on any atom is 0.330 e. The molecule has 0 unspecified atom stereocenters. The lowest BCUT2D eigenvalue weighted by atomic mass is 10.2. The molecule has 0 radical (unpaired) electrons. The quantitative estimate of drug-likeness (QED) is 0.533. The Kier molecular flexibility index (Phi) is 5.38. The topological polar surface area (TPSA) is 68.9 Å². The minimum atomic E-state index is -0.829. The van der Waals surface area contributed by atoms with Gasteiger partial charge in [-0.3, -0.25) is 13.9 Å². The number of amides is 1. The van der Waals surface area contributed by atoms with Crippen molar-refractivity contribution in [1.82, 2.24) is 19.4 Å². The van der Waals surface area contributed by atoms with Crippen LogP contribution < -0.4 is 11.0 Å². The molecule has 1 amide bonds. The summed E-state index contributed by atoms with van der Waals surface area (Å²) in [6.45, 7) is 0.652. The number of hydrogen-bond acceptors (Lipinski definition) is 3. The molecule has 2 aromatic heterocycles. The lowest BCUT2D eigenvalue weighted by molar-refractivity contribution is 0.0951. The highest BCUT2D eigenvalue weighted by molar-refractivity contribution is 5.94. The summed E-state index contributed by atoms with van der Waals surface area (Å²) < 4.78 is 29.7. The summed E-state index contributed by atoms with van der Waals surface area (Å²) in [6.07, 6.45) is 1.60. The number of nitrogens with one attached hydrogen (secondary N) is 1. The first-order valence-corrected chi connectivity index (χ1v) is 9.35. The third-order valence-corrected chi connectivity index (χ3v) is 4.70. The van der Waals surface area contributed by atoms with Gasteiger partial charge in [-0.2, -0.15) is 0 Å². The van der Waals surface area contributed by atoms with Crippen LogP contribution in [0.1, 0.15) is 15.9 Å². The molecular formula is C22H18F2N4O2. The molecule has 30 heavy (non-hydrogen) atoms. The fraction of sp³-hybridized carbons (Fsp3) is 0.136. The Bertz CT molecular complexity index is 1250. The predicted molar refractivity (Wildman–Crippen MR) is 108 cm³/mol. The second-order valence-electron chi connectivity index (χ2n) is 6.77. The van der Waals surface area contributed by atoms with Gasteiger partial charge in [-0.25, -0.2) is 18.6 Å². The molecule has 0 aliphatic heterocycles. The van der Waals surface area contributed by atoms with E-state index in [4.69, 9.17) is 0 Å². The van der Waals surface area contributed by atoms with Crippen LogP contribution in [0.15, 0.2) is 71.7 Å². The SMILES string of the molecule is O=C(NCCn1c(=O)n(Cc2ccccc2)c2cccnc21)c1cc(F)cc(F)c1. The molecule has 0 saturated carbocycles. The van der Waals surface area contributed by atoms with Crippen molar-refractivity contribution in [1.29, 1.82) is 0 Å².